The molecule has 0 aliphatic carbocycles. The number of methoxy groups -OCH3 is 1. The van der Waals surface area contributed by atoms with E-state index in [1.54, 1.807) is 7.11 Å². The molecule has 0 fully saturated rings. The number of hydrogen-bond acceptors (Lipinski definition) is 2. The van der Waals surface area contributed by atoms with Gasteiger partial charge >= 0.3 is 0 Å². The number of aliphatic hydroxyl groups is 1. The highest BCUT2D eigenvalue weighted by molar-refractivity contribution is 5.85. The summed E-state index contributed by atoms with van der Waals surface area (Å²) >= 11 is 0. The molecule has 2 heteroatoms. The zero-order chi connectivity index (χ0) is 14.1. The second-order valence-corrected chi connectivity index (χ2v) is 3.70. The van der Waals surface area contributed by atoms with Crippen molar-refractivity contribution < 1.29 is 9.84 Å². The van der Waals surface area contributed by atoms with Crippen molar-refractivity contribution in [3.8, 4) is 17.6 Å². The van der Waals surface area contributed by atoms with Crippen LogP contribution in [0.15, 0.2) is 36.4 Å². The van der Waals surface area contributed by atoms with Gasteiger partial charge in [0.15, 0.2) is 0 Å². The fraction of sp³-hybridized carbons (Fsp3) is 0.294. The van der Waals surface area contributed by atoms with Gasteiger partial charge in [-0.3, -0.25) is 0 Å². The van der Waals surface area contributed by atoms with Gasteiger partial charge in [0, 0.05) is 12.0 Å². The Balaban J connectivity index is 0.000000861. The Morgan fingerprint density at radius 3 is 2.42 bits per heavy atom. The van der Waals surface area contributed by atoms with Crippen LogP contribution in [0.3, 0.4) is 0 Å². The standard InChI is InChI=1S/C15H14O2.C2H6/c1-17-15-8-7-13-10-12(4-2-3-9-16)5-6-14(13)11-15;1-2/h5-8,10-11,16H,3,9H2,1H3;1-2H3. The van der Waals surface area contributed by atoms with Crippen LogP contribution < -0.4 is 4.74 Å². The highest BCUT2D eigenvalue weighted by Crippen LogP contribution is 2.21. The first-order valence-electron chi connectivity index (χ1n) is 6.51. The Bertz CT molecular complexity index is 577. The summed E-state index contributed by atoms with van der Waals surface area (Å²) in [5, 5.41) is 10.9. The van der Waals surface area contributed by atoms with Crippen molar-refractivity contribution in [1.29, 1.82) is 0 Å². The Kier molecular flexibility index (Phi) is 6.49. The third-order valence-electron chi connectivity index (χ3n) is 2.52. The summed E-state index contributed by atoms with van der Waals surface area (Å²) in [7, 11) is 1.66. The minimum atomic E-state index is 0.109. The molecule has 2 nitrogen and oxygen atoms in total. The summed E-state index contributed by atoms with van der Waals surface area (Å²) in [6.07, 6.45) is 0.515. The average molecular weight is 256 g/mol. The van der Waals surface area contributed by atoms with E-state index < -0.39 is 0 Å². The minimum Gasteiger partial charge on any atom is -0.497 e. The molecular formula is C17H20O2. The van der Waals surface area contributed by atoms with Crippen LogP contribution in [0.2, 0.25) is 0 Å². The molecule has 19 heavy (non-hydrogen) atoms. The highest BCUT2D eigenvalue weighted by atomic mass is 16.5. The average Bonchev–Trinajstić information content (AvgIpc) is 2.49. The molecule has 0 aliphatic rings. The van der Waals surface area contributed by atoms with E-state index >= 15 is 0 Å². The number of benzene rings is 2. The Morgan fingerprint density at radius 2 is 1.74 bits per heavy atom. The molecule has 2 aromatic rings. The van der Waals surface area contributed by atoms with Gasteiger partial charge in [0.05, 0.1) is 13.7 Å². The number of aliphatic hydroxyl groups excluding tert-OH is 1. The van der Waals surface area contributed by atoms with E-state index in [0.717, 1.165) is 22.1 Å². The van der Waals surface area contributed by atoms with Crippen molar-refractivity contribution in [3.63, 3.8) is 0 Å². The first-order chi connectivity index (χ1) is 9.33. The molecule has 2 aromatic carbocycles. The molecule has 100 valence electrons. The fourth-order valence-corrected chi connectivity index (χ4v) is 1.65. The van der Waals surface area contributed by atoms with Crippen LogP contribution >= 0.6 is 0 Å². The lowest BCUT2D eigenvalue weighted by Gasteiger charge is -2.02. The van der Waals surface area contributed by atoms with Crippen molar-refractivity contribution in [2.24, 2.45) is 0 Å². The Labute approximate surface area is 115 Å². The molecular weight excluding hydrogens is 236 g/mol. The van der Waals surface area contributed by atoms with Crippen molar-refractivity contribution >= 4 is 10.8 Å². The van der Waals surface area contributed by atoms with E-state index in [4.69, 9.17) is 9.84 Å². The summed E-state index contributed by atoms with van der Waals surface area (Å²) in [6, 6.07) is 12.0. The summed E-state index contributed by atoms with van der Waals surface area (Å²) in [4.78, 5) is 0. The van der Waals surface area contributed by atoms with E-state index in [-0.39, 0.29) is 6.61 Å². The van der Waals surface area contributed by atoms with E-state index in [1.165, 1.54) is 0 Å². The maximum atomic E-state index is 8.66. The van der Waals surface area contributed by atoms with Crippen molar-refractivity contribution in [2.75, 3.05) is 13.7 Å². The number of ether oxygens (including phenoxy) is 1. The molecule has 0 heterocycles. The van der Waals surface area contributed by atoms with E-state index in [0.29, 0.717) is 6.42 Å². The summed E-state index contributed by atoms with van der Waals surface area (Å²) in [6.45, 7) is 4.11. The Hall–Kier alpha value is -1.98. The molecule has 0 aliphatic heterocycles. The van der Waals surface area contributed by atoms with Crippen LogP contribution in [0.1, 0.15) is 25.8 Å². The normalized spacial score (nSPS) is 9.05. The molecule has 2 rings (SSSR count). The van der Waals surface area contributed by atoms with E-state index in [1.807, 2.05) is 50.2 Å². The van der Waals surface area contributed by atoms with E-state index in [2.05, 4.69) is 11.8 Å². The van der Waals surface area contributed by atoms with Gasteiger partial charge in [0.1, 0.15) is 5.75 Å². The summed E-state index contributed by atoms with van der Waals surface area (Å²) in [5.74, 6) is 6.80. The molecule has 0 spiro atoms. The molecule has 0 unspecified atom stereocenters. The quantitative estimate of drug-likeness (QED) is 0.832. The van der Waals surface area contributed by atoms with Gasteiger partial charge in [0.2, 0.25) is 0 Å². The maximum Gasteiger partial charge on any atom is 0.119 e. The molecule has 0 saturated heterocycles. The van der Waals surface area contributed by atoms with Crippen LogP contribution in [-0.4, -0.2) is 18.8 Å². The first-order valence-corrected chi connectivity index (χ1v) is 6.51. The summed E-state index contributed by atoms with van der Waals surface area (Å²) in [5.41, 5.74) is 0.969. The predicted molar refractivity (Wildman–Crippen MR) is 80.4 cm³/mol. The maximum absolute atomic E-state index is 8.66. The predicted octanol–water partition coefficient (Wildman–Crippen LogP) is 3.61. The second-order valence-electron chi connectivity index (χ2n) is 3.70. The molecule has 0 bridgehead atoms. The molecule has 0 amide bonds. The van der Waals surface area contributed by atoms with Gasteiger partial charge in [-0.05, 0) is 35.0 Å². The van der Waals surface area contributed by atoms with Gasteiger partial charge < -0.3 is 9.84 Å². The highest BCUT2D eigenvalue weighted by Gasteiger charge is 1.97. The lowest BCUT2D eigenvalue weighted by atomic mass is 10.1. The van der Waals surface area contributed by atoms with Gasteiger partial charge in [-0.2, -0.15) is 0 Å². The zero-order valence-electron chi connectivity index (χ0n) is 11.7. The largest absolute Gasteiger partial charge is 0.497 e. The smallest absolute Gasteiger partial charge is 0.119 e. The van der Waals surface area contributed by atoms with Crippen molar-refractivity contribution in [1.82, 2.24) is 0 Å². The van der Waals surface area contributed by atoms with Crippen LogP contribution in [0.25, 0.3) is 10.8 Å². The van der Waals surface area contributed by atoms with E-state index in [9.17, 15) is 0 Å². The SMILES string of the molecule is CC.COc1ccc2cc(C#CCCO)ccc2c1. The fourth-order valence-electron chi connectivity index (χ4n) is 1.65. The molecule has 1 N–H and O–H groups in total. The molecule has 0 atom stereocenters. The summed E-state index contributed by atoms with van der Waals surface area (Å²) < 4.78 is 5.18. The number of hydrogen-bond donors (Lipinski definition) is 1. The van der Waals surface area contributed by atoms with Crippen LogP contribution in [-0.2, 0) is 0 Å². The molecule has 0 aromatic heterocycles. The zero-order valence-corrected chi connectivity index (χ0v) is 11.7. The topological polar surface area (TPSA) is 29.5 Å². The monoisotopic (exact) mass is 256 g/mol. The lowest BCUT2D eigenvalue weighted by Crippen LogP contribution is -1.83. The first kappa shape index (κ1) is 15.1. The second kappa shape index (κ2) is 8.18. The van der Waals surface area contributed by atoms with Crippen molar-refractivity contribution in [3.05, 3.63) is 42.0 Å². The van der Waals surface area contributed by atoms with Crippen LogP contribution in [0.4, 0.5) is 0 Å². The van der Waals surface area contributed by atoms with Crippen LogP contribution in [0, 0.1) is 11.8 Å². The van der Waals surface area contributed by atoms with Crippen LogP contribution in [0.5, 0.6) is 5.75 Å². The lowest BCUT2D eigenvalue weighted by molar-refractivity contribution is 0.305. The third kappa shape index (κ3) is 4.31. The van der Waals surface area contributed by atoms with Gasteiger partial charge in [-0.25, -0.2) is 0 Å². The van der Waals surface area contributed by atoms with Gasteiger partial charge in [-0.15, -0.1) is 0 Å². The third-order valence-corrected chi connectivity index (χ3v) is 2.52. The molecule has 0 saturated carbocycles. The minimum absolute atomic E-state index is 0.109. The van der Waals surface area contributed by atoms with Gasteiger partial charge in [0.25, 0.3) is 0 Å². The number of rotatable bonds is 2. The number of fused-ring (bicyclic) bond motifs is 1. The molecule has 0 radical (unpaired) electrons. The Morgan fingerprint density at radius 1 is 1.05 bits per heavy atom. The van der Waals surface area contributed by atoms with Gasteiger partial charge in [-0.1, -0.05) is 37.8 Å². The van der Waals surface area contributed by atoms with Crippen molar-refractivity contribution in [2.45, 2.75) is 20.3 Å².